The van der Waals surface area contributed by atoms with E-state index in [1.165, 1.54) is 22.3 Å². The van der Waals surface area contributed by atoms with Crippen LogP contribution in [0.5, 0.6) is 0 Å². The van der Waals surface area contributed by atoms with E-state index in [1.807, 2.05) is 30.8 Å². The summed E-state index contributed by atoms with van der Waals surface area (Å²) in [5.74, 6) is 0.506. The third-order valence-electron chi connectivity index (χ3n) is 6.03. The minimum Gasteiger partial charge on any atom is -0.302 e. The number of anilines is 1. The predicted octanol–water partition coefficient (Wildman–Crippen LogP) is 5.06. The van der Waals surface area contributed by atoms with Gasteiger partial charge in [0.2, 0.25) is 4.90 Å². The molecular weight excluding hydrogens is 404 g/mol. The molecular formula is C25H33N4OS+. The zero-order chi connectivity index (χ0) is 22.1. The van der Waals surface area contributed by atoms with Crippen LogP contribution in [0, 0.1) is 12.8 Å². The van der Waals surface area contributed by atoms with E-state index in [9.17, 15) is 4.55 Å². The molecule has 0 fully saturated rings. The molecule has 2 heterocycles. The van der Waals surface area contributed by atoms with Crippen LogP contribution in [0.2, 0.25) is 0 Å². The number of nitrogens with zero attached hydrogens (tertiary/aromatic N) is 3. The van der Waals surface area contributed by atoms with Crippen LogP contribution in [0.1, 0.15) is 36.4 Å². The quantitative estimate of drug-likeness (QED) is 0.529. The fraction of sp³-hybridized carbons (Fsp3) is 0.400. The fourth-order valence-corrected chi connectivity index (χ4v) is 5.12. The molecule has 3 aromatic rings. The van der Waals surface area contributed by atoms with E-state index >= 15 is 0 Å². The lowest BCUT2D eigenvalue weighted by atomic mass is 9.95. The summed E-state index contributed by atoms with van der Waals surface area (Å²) in [5.41, 5.74) is 8.29. The first-order valence-electron chi connectivity index (χ1n) is 10.9. The molecule has 164 valence electrons. The Labute approximate surface area is 188 Å². The van der Waals surface area contributed by atoms with Crippen molar-refractivity contribution in [1.29, 1.82) is 0 Å². The lowest BCUT2D eigenvalue weighted by molar-refractivity contribution is 0.313. The molecule has 0 saturated carbocycles. The maximum absolute atomic E-state index is 10.9. The molecule has 2 aromatic carbocycles. The van der Waals surface area contributed by atoms with Gasteiger partial charge in [0.05, 0.1) is 11.4 Å². The van der Waals surface area contributed by atoms with E-state index in [4.69, 9.17) is 0 Å². The molecule has 31 heavy (non-hydrogen) atoms. The van der Waals surface area contributed by atoms with Gasteiger partial charge in [-0.05, 0) is 85.3 Å². The van der Waals surface area contributed by atoms with Crippen LogP contribution < -0.4 is 4.72 Å². The standard InChI is InChI=1S/C25H33N4OS/c1-17(2)14-24-25(18(3)29(5)26-24)27-31(30)23-10-8-19(9-11-23)21-7-6-20-12-13-28(4)16-22(20)15-21/h6-11,15,17,27,30H,12-14,16H2,1-5H3/q+1. The molecule has 0 spiro atoms. The Bertz CT molecular complexity index is 1060. The maximum Gasteiger partial charge on any atom is 0.303 e. The smallest absolute Gasteiger partial charge is 0.302 e. The molecule has 1 aliphatic heterocycles. The number of hydrogen-bond acceptors (Lipinski definition) is 4. The van der Waals surface area contributed by atoms with Crippen molar-refractivity contribution in [3.05, 3.63) is 65.0 Å². The Balaban J connectivity index is 1.52. The van der Waals surface area contributed by atoms with Crippen LogP contribution in [0.3, 0.4) is 0 Å². The van der Waals surface area contributed by atoms with E-state index in [-0.39, 0.29) is 0 Å². The van der Waals surface area contributed by atoms with Gasteiger partial charge < -0.3 is 4.90 Å². The van der Waals surface area contributed by atoms with Gasteiger partial charge in [0.15, 0.2) is 0 Å². The summed E-state index contributed by atoms with van der Waals surface area (Å²) in [6.45, 7) is 8.54. The summed E-state index contributed by atoms with van der Waals surface area (Å²) < 4.78 is 16.1. The highest BCUT2D eigenvalue weighted by Gasteiger charge is 2.26. The second kappa shape index (κ2) is 9.07. The normalized spacial score (nSPS) is 15.2. The van der Waals surface area contributed by atoms with E-state index in [0.717, 1.165) is 47.9 Å². The van der Waals surface area contributed by atoms with E-state index in [0.29, 0.717) is 5.92 Å². The van der Waals surface area contributed by atoms with E-state index in [1.54, 1.807) is 0 Å². The predicted molar refractivity (Wildman–Crippen MR) is 130 cm³/mol. The number of benzene rings is 2. The molecule has 1 aliphatic rings. The number of nitrogens with one attached hydrogen (secondary N) is 1. The highest BCUT2D eigenvalue weighted by molar-refractivity contribution is 7.92. The Morgan fingerprint density at radius 3 is 2.48 bits per heavy atom. The van der Waals surface area contributed by atoms with Crippen molar-refractivity contribution in [2.45, 2.75) is 45.1 Å². The highest BCUT2D eigenvalue weighted by Crippen LogP contribution is 2.29. The Hall–Kier alpha value is -2.28. The van der Waals surface area contributed by atoms with Crippen LogP contribution >= 0.6 is 0 Å². The zero-order valence-corrected chi connectivity index (χ0v) is 20.0. The van der Waals surface area contributed by atoms with Gasteiger partial charge in [0, 0.05) is 20.1 Å². The molecule has 2 N–H and O–H groups in total. The molecule has 1 unspecified atom stereocenters. The number of aryl methyl sites for hydroxylation is 1. The first kappa shape index (κ1) is 21.9. The van der Waals surface area contributed by atoms with Crippen molar-refractivity contribution >= 4 is 17.0 Å². The summed E-state index contributed by atoms with van der Waals surface area (Å²) >= 11 is -1.09. The van der Waals surface area contributed by atoms with Crippen molar-refractivity contribution < 1.29 is 4.55 Å². The van der Waals surface area contributed by atoms with Gasteiger partial charge in [0.1, 0.15) is 5.69 Å². The van der Waals surface area contributed by atoms with Gasteiger partial charge in [0.25, 0.3) is 0 Å². The molecule has 0 bridgehead atoms. The van der Waals surface area contributed by atoms with E-state index in [2.05, 4.69) is 65.9 Å². The summed E-state index contributed by atoms with van der Waals surface area (Å²) in [6, 6.07) is 15.0. The Morgan fingerprint density at radius 1 is 1.06 bits per heavy atom. The summed E-state index contributed by atoms with van der Waals surface area (Å²) in [5, 5.41) is 4.64. The topological polar surface area (TPSA) is 53.3 Å². The van der Waals surface area contributed by atoms with Gasteiger partial charge in [-0.25, -0.2) is 0 Å². The molecule has 1 aromatic heterocycles. The Kier molecular flexibility index (Phi) is 6.42. The van der Waals surface area contributed by atoms with Gasteiger partial charge in [-0.15, -0.1) is 0 Å². The number of rotatable bonds is 6. The second-order valence-corrected chi connectivity index (χ2v) is 10.3. The van der Waals surface area contributed by atoms with Crippen molar-refractivity contribution in [3.63, 3.8) is 0 Å². The average Bonchev–Trinajstić information content (AvgIpc) is 3.00. The monoisotopic (exact) mass is 437 g/mol. The average molecular weight is 438 g/mol. The molecule has 5 nitrogen and oxygen atoms in total. The zero-order valence-electron chi connectivity index (χ0n) is 19.1. The van der Waals surface area contributed by atoms with Gasteiger partial charge in [-0.2, -0.15) is 14.4 Å². The molecule has 1 atom stereocenters. The SMILES string of the molecule is Cc1c(N[S+](O)c2ccc(-c3ccc4c(c3)CN(C)CC4)cc2)c(CC(C)C)nn1C. The summed E-state index contributed by atoms with van der Waals surface area (Å²) in [7, 11) is 4.13. The van der Waals surface area contributed by atoms with Crippen molar-refractivity contribution in [2.75, 3.05) is 18.3 Å². The third-order valence-corrected chi connectivity index (χ3v) is 7.14. The molecule has 0 saturated heterocycles. The number of hydrogen-bond donors (Lipinski definition) is 2. The minimum absolute atomic E-state index is 0.506. The molecule has 6 heteroatoms. The first-order chi connectivity index (χ1) is 14.8. The van der Waals surface area contributed by atoms with Crippen LogP contribution in [0.15, 0.2) is 47.4 Å². The van der Waals surface area contributed by atoms with Gasteiger partial charge in [-0.1, -0.05) is 26.0 Å². The van der Waals surface area contributed by atoms with Crippen molar-refractivity contribution in [2.24, 2.45) is 13.0 Å². The largest absolute Gasteiger partial charge is 0.303 e. The van der Waals surface area contributed by atoms with Crippen molar-refractivity contribution in [1.82, 2.24) is 14.7 Å². The number of likely N-dealkylation sites (N-methyl/N-ethyl adjacent to an activating group) is 1. The van der Waals surface area contributed by atoms with E-state index < -0.39 is 11.4 Å². The molecule has 0 aliphatic carbocycles. The molecule has 0 radical (unpaired) electrons. The lowest BCUT2D eigenvalue weighted by Gasteiger charge is -2.25. The van der Waals surface area contributed by atoms with Gasteiger partial charge in [-0.3, -0.25) is 4.68 Å². The third kappa shape index (κ3) is 4.81. The first-order valence-corrected chi connectivity index (χ1v) is 12.1. The minimum atomic E-state index is -1.09. The highest BCUT2D eigenvalue weighted by atomic mass is 32.2. The maximum atomic E-state index is 10.9. The fourth-order valence-electron chi connectivity index (χ4n) is 4.15. The van der Waals surface area contributed by atoms with Crippen molar-refractivity contribution in [3.8, 4) is 11.1 Å². The van der Waals surface area contributed by atoms with Crippen LogP contribution in [-0.2, 0) is 37.8 Å². The Morgan fingerprint density at radius 2 is 1.77 bits per heavy atom. The molecule has 4 rings (SSSR count). The summed E-state index contributed by atoms with van der Waals surface area (Å²) in [4.78, 5) is 3.24. The van der Waals surface area contributed by atoms with Gasteiger partial charge >= 0.3 is 11.4 Å². The number of aromatic nitrogens is 2. The number of fused-ring (bicyclic) bond motifs is 1. The second-order valence-electron chi connectivity index (χ2n) is 9.01. The van der Waals surface area contributed by atoms with Crippen LogP contribution in [0.25, 0.3) is 11.1 Å². The lowest BCUT2D eigenvalue weighted by Crippen LogP contribution is -2.26. The van der Waals surface area contributed by atoms with Crippen LogP contribution in [0.4, 0.5) is 5.69 Å². The van der Waals surface area contributed by atoms with Crippen LogP contribution in [-0.4, -0.2) is 32.8 Å². The molecule has 0 amide bonds. The summed E-state index contributed by atoms with van der Waals surface area (Å²) in [6.07, 6.45) is 2.00.